The number of thioether (sulfide) groups is 1. The van der Waals surface area contributed by atoms with Gasteiger partial charge in [0.15, 0.2) is 0 Å². The van der Waals surface area contributed by atoms with E-state index in [0.717, 1.165) is 6.42 Å². The van der Waals surface area contributed by atoms with Crippen LogP contribution in [0.15, 0.2) is 0 Å². The molecule has 0 aromatic rings. The molecule has 1 aliphatic heterocycles. The maximum Gasteiger partial charge on any atom is 0.236 e. The lowest BCUT2D eigenvalue weighted by Crippen LogP contribution is -2.49. The van der Waals surface area contributed by atoms with Gasteiger partial charge in [-0.2, -0.15) is 11.8 Å². The van der Waals surface area contributed by atoms with Crippen molar-refractivity contribution >= 4 is 17.7 Å². The SMILES string of the molecule is CNC(=O)C(CC(C)C)NC1CCSCC1. The zero-order chi connectivity index (χ0) is 12.0. The lowest BCUT2D eigenvalue weighted by atomic mass is 10.0. The van der Waals surface area contributed by atoms with Crippen molar-refractivity contribution in [3.8, 4) is 0 Å². The zero-order valence-corrected chi connectivity index (χ0v) is 11.4. The van der Waals surface area contributed by atoms with Crippen LogP contribution in [0.3, 0.4) is 0 Å². The van der Waals surface area contributed by atoms with Gasteiger partial charge < -0.3 is 10.6 Å². The van der Waals surface area contributed by atoms with Gasteiger partial charge in [0.1, 0.15) is 0 Å². The van der Waals surface area contributed by atoms with Gasteiger partial charge in [-0.05, 0) is 36.7 Å². The lowest BCUT2D eigenvalue weighted by molar-refractivity contribution is -0.123. The number of hydrogen-bond donors (Lipinski definition) is 2. The molecule has 0 aromatic carbocycles. The van der Waals surface area contributed by atoms with Gasteiger partial charge in [0.25, 0.3) is 0 Å². The summed E-state index contributed by atoms with van der Waals surface area (Å²) in [6, 6.07) is 0.514. The number of nitrogens with one attached hydrogen (secondary N) is 2. The molecule has 1 fully saturated rings. The van der Waals surface area contributed by atoms with E-state index in [4.69, 9.17) is 0 Å². The summed E-state index contributed by atoms with van der Waals surface area (Å²) in [5.41, 5.74) is 0. The van der Waals surface area contributed by atoms with Crippen molar-refractivity contribution in [1.82, 2.24) is 10.6 Å². The molecule has 16 heavy (non-hydrogen) atoms. The summed E-state index contributed by atoms with van der Waals surface area (Å²) >= 11 is 2.01. The molecule has 1 atom stereocenters. The number of carbonyl (C=O) groups excluding carboxylic acids is 1. The predicted octanol–water partition coefficient (Wildman–Crippen LogP) is 1.63. The van der Waals surface area contributed by atoms with Crippen molar-refractivity contribution in [2.45, 2.75) is 45.2 Å². The first-order valence-electron chi connectivity index (χ1n) is 6.19. The normalized spacial score (nSPS) is 19.8. The van der Waals surface area contributed by atoms with Crippen molar-refractivity contribution in [3.63, 3.8) is 0 Å². The van der Waals surface area contributed by atoms with Gasteiger partial charge in [0, 0.05) is 13.1 Å². The van der Waals surface area contributed by atoms with Gasteiger partial charge in [-0.15, -0.1) is 0 Å². The Morgan fingerprint density at radius 1 is 1.38 bits per heavy atom. The second-order valence-corrected chi connectivity index (χ2v) is 6.07. The number of likely N-dealkylation sites (N-methyl/N-ethyl adjacent to an activating group) is 1. The largest absolute Gasteiger partial charge is 0.358 e. The summed E-state index contributed by atoms with van der Waals surface area (Å²) in [4.78, 5) is 11.7. The third-order valence-corrected chi connectivity index (χ3v) is 3.98. The van der Waals surface area contributed by atoms with Crippen LogP contribution in [0.5, 0.6) is 0 Å². The predicted molar refractivity (Wildman–Crippen MR) is 70.8 cm³/mol. The average Bonchev–Trinajstić information content (AvgIpc) is 2.28. The Kier molecular flexibility index (Phi) is 6.21. The summed E-state index contributed by atoms with van der Waals surface area (Å²) in [6.07, 6.45) is 3.30. The number of carbonyl (C=O) groups is 1. The Morgan fingerprint density at radius 3 is 2.50 bits per heavy atom. The standard InChI is InChI=1S/C12H24N2OS/c1-9(2)8-11(12(15)13-3)14-10-4-6-16-7-5-10/h9-11,14H,4-8H2,1-3H3,(H,13,15). The third-order valence-electron chi connectivity index (χ3n) is 2.93. The first kappa shape index (κ1) is 13.8. The number of hydrogen-bond acceptors (Lipinski definition) is 3. The van der Waals surface area contributed by atoms with E-state index in [1.807, 2.05) is 11.8 Å². The average molecular weight is 244 g/mol. The van der Waals surface area contributed by atoms with Crippen LogP contribution in [-0.4, -0.2) is 36.5 Å². The molecule has 0 aromatic heterocycles. The second kappa shape index (κ2) is 7.17. The van der Waals surface area contributed by atoms with Crippen LogP contribution in [0.25, 0.3) is 0 Å². The van der Waals surface area contributed by atoms with E-state index in [9.17, 15) is 4.79 Å². The molecule has 2 N–H and O–H groups in total. The van der Waals surface area contributed by atoms with Crippen molar-refractivity contribution in [3.05, 3.63) is 0 Å². The summed E-state index contributed by atoms with van der Waals surface area (Å²) in [6.45, 7) is 4.32. The van der Waals surface area contributed by atoms with Gasteiger partial charge in [-0.1, -0.05) is 13.8 Å². The molecular formula is C12H24N2OS. The van der Waals surface area contributed by atoms with Crippen LogP contribution in [0.4, 0.5) is 0 Å². The van der Waals surface area contributed by atoms with Crippen molar-refractivity contribution < 1.29 is 4.79 Å². The minimum atomic E-state index is -0.0156. The summed E-state index contributed by atoms with van der Waals surface area (Å²) in [7, 11) is 1.72. The highest BCUT2D eigenvalue weighted by Crippen LogP contribution is 2.18. The van der Waals surface area contributed by atoms with E-state index >= 15 is 0 Å². The molecule has 1 heterocycles. The van der Waals surface area contributed by atoms with Crippen molar-refractivity contribution in [2.75, 3.05) is 18.6 Å². The maximum atomic E-state index is 11.7. The van der Waals surface area contributed by atoms with Crippen LogP contribution in [0, 0.1) is 5.92 Å². The van der Waals surface area contributed by atoms with Gasteiger partial charge in [0.2, 0.25) is 5.91 Å². The Hall–Kier alpha value is -0.220. The smallest absolute Gasteiger partial charge is 0.236 e. The fraction of sp³-hybridized carbons (Fsp3) is 0.917. The molecule has 0 aliphatic carbocycles. The van der Waals surface area contributed by atoms with E-state index in [0.29, 0.717) is 12.0 Å². The molecule has 0 bridgehead atoms. The van der Waals surface area contributed by atoms with E-state index in [1.165, 1.54) is 24.3 Å². The van der Waals surface area contributed by atoms with Gasteiger partial charge in [0.05, 0.1) is 6.04 Å². The summed E-state index contributed by atoms with van der Waals surface area (Å²) in [5.74, 6) is 3.12. The first-order chi connectivity index (χ1) is 7.63. The Balaban J connectivity index is 2.44. The molecule has 0 saturated carbocycles. The highest BCUT2D eigenvalue weighted by Gasteiger charge is 2.23. The second-order valence-electron chi connectivity index (χ2n) is 4.85. The van der Waals surface area contributed by atoms with Crippen molar-refractivity contribution in [2.24, 2.45) is 5.92 Å². The monoisotopic (exact) mass is 244 g/mol. The fourth-order valence-corrected chi connectivity index (χ4v) is 3.15. The number of amides is 1. The Labute approximate surface area is 103 Å². The molecule has 1 saturated heterocycles. The molecule has 4 heteroatoms. The molecule has 1 rings (SSSR count). The summed E-state index contributed by atoms with van der Waals surface area (Å²) < 4.78 is 0. The van der Waals surface area contributed by atoms with Gasteiger partial charge >= 0.3 is 0 Å². The lowest BCUT2D eigenvalue weighted by Gasteiger charge is -2.28. The Bertz CT molecular complexity index is 215. The molecule has 1 aliphatic rings. The fourth-order valence-electron chi connectivity index (χ4n) is 2.05. The van der Waals surface area contributed by atoms with Crippen LogP contribution < -0.4 is 10.6 Å². The van der Waals surface area contributed by atoms with Gasteiger partial charge in [-0.3, -0.25) is 4.79 Å². The highest BCUT2D eigenvalue weighted by molar-refractivity contribution is 7.99. The van der Waals surface area contributed by atoms with Crippen LogP contribution in [0.1, 0.15) is 33.1 Å². The van der Waals surface area contributed by atoms with E-state index in [1.54, 1.807) is 7.05 Å². The minimum Gasteiger partial charge on any atom is -0.358 e. The maximum absolute atomic E-state index is 11.7. The van der Waals surface area contributed by atoms with E-state index < -0.39 is 0 Å². The first-order valence-corrected chi connectivity index (χ1v) is 7.34. The number of rotatable bonds is 5. The molecule has 1 amide bonds. The summed E-state index contributed by atoms with van der Waals surface area (Å²) in [5, 5.41) is 6.27. The molecule has 3 nitrogen and oxygen atoms in total. The molecule has 0 spiro atoms. The van der Waals surface area contributed by atoms with Crippen LogP contribution in [-0.2, 0) is 4.79 Å². The van der Waals surface area contributed by atoms with Gasteiger partial charge in [-0.25, -0.2) is 0 Å². The molecule has 1 unspecified atom stereocenters. The van der Waals surface area contributed by atoms with Crippen molar-refractivity contribution in [1.29, 1.82) is 0 Å². The van der Waals surface area contributed by atoms with E-state index in [-0.39, 0.29) is 11.9 Å². The van der Waals surface area contributed by atoms with E-state index in [2.05, 4.69) is 24.5 Å². The molecule has 94 valence electrons. The van der Waals surface area contributed by atoms with Crippen LogP contribution in [0.2, 0.25) is 0 Å². The zero-order valence-electron chi connectivity index (χ0n) is 10.6. The minimum absolute atomic E-state index is 0.0156. The molecular weight excluding hydrogens is 220 g/mol. The topological polar surface area (TPSA) is 41.1 Å². The quantitative estimate of drug-likeness (QED) is 0.772. The Morgan fingerprint density at radius 2 is 2.00 bits per heavy atom. The highest BCUT2D eigenvalue weighted by atomic mass is 32.2. The third kappa shape index (κ3) is 4.74. The van der Waals surface area contributed by atoms with Crippen LogP contribution >= 0.6 is 11.8 Å². The molecule has 0 radical (unpaired) electrons.